The van der Waals surface area contributed by atoms with E-state index in [0.717, 1.165) is 18.5 Å². The molecule has 1 saturated heterocycles. The van der Waals surface area contributed by atoms with Crippen molar-refractivity contribution in [3.05, 3.63) is 23.8 Å². The summed E-state index contributed by atoms with van der Waals surface area (Å²) in [5, 5.41) is 0. The Morgan fingerprint density at radius 2 is 1.93 bits per heavy atom. The van der Waals surface area contributed by atoms with Crippen molar-refractivity contribution >= 4 is 11.8 Å². The van der Waals surface area contributed by atoms with Crippen molar-refractivity contribution in [2.45, 2.75) is 26.5 Å². The summed E-state index contributed by atoms with van der Waals surface area (Å²) in [6.07, 6.45) is 0.833. The second-order valence-corrected chi connectivity index (χ2v) is 6.75. The van der Waals surface area contributed by atoms with E-state index in [1.54, 1.807) is 35.9 Å². The summed E-state index contributed by atoms with van der Waals surface area (Å²) in [7, 11) is 3.06. The second-order valence-electron chi connectivity index (χ2n) is 6.75. The van der Waals surface area contributed by atoms with Crippen LogP contribution in [0.1, 0.15) is 18.9 Å². The van der Waals surface area contributed by atoms with Gasteiger partial charge in [0.05, 0.1) is 13.7 Å². The van der Waals surface area contributed by atoms with Crippen LogP contribution in [0, 0.1) is 0 Å². The predicted octanol–water partition coefficient (Wildman–Crippen LogP) is 1.81. The Bertz CT molecular complexity index is 687. The molecular formula is C19H27F2N3O4. The lowest BCUT2D eigenvalue weighted by molar-refractivity contribution is -0.131. The van der Waals surface area contributed by atoms with Gasteiger partial charge in [-0.1, -0.05) is 6.07 Å². The summed E-state index contributed by atoms with van der Waals surface area (Å²) >= 11 is 0. The number of hydrogen-bond donors (Lipinski definition) is 0. The third kappa shape index (κ3) is 6.33. The molecule has 1 aliphatic rings. The van der Waals surface area contributed by atoms with Gasteiger partial charge in [0.15, 0.2) is 11.5 Å². The number of alkyl halides is 2. The molecule has 0 aromatic heterocycles. The number of carbonyl (C=O) groups is 2. The van der Waals surface area contributed by atoms with Gasteiger partial charge >= 0.3 is 6.61 Å². The lowest BCUT2D eigenvalue weighted by atomic mass is 10.2. The molecule has 0 radical (unpaired) electrons. The molecule has 1 aliphatic heterocycles. The molecule has 28 heavy (non-hydrogen) atoms. The molecule has 1 aromatic carbocycles. The van der Waals surface area contributed by atoms with E-state index in [0.29, 0.717) is 26.2 Å². The number of likely N-dealkylation sites (N-methyl/N-ethyl adjacent to an activating group) is 1. The summed E-state index contributed by atoms with van der Waals surface area (Å²) in [6, 6.07) is 4.61. The third-order valence-corrected chi connectivity index (χ3v) is 4.68. The van der Waals surface area contributed by atoms with Crippen LogP contribution in [0.15, 0.2) is 18.2 Å². The van der Waals surface area contributed by atoms with Gasteiger partial charge < -0.3 is 19.3 Å². The Kier molecular flexibility index (Phi) is 7.98. The fourth-order valence-corrected chi connectivity index (χ4v) is 3.12. The van der Waals surface area contributed by atoms with Crippen LogP contribution < -0.4 is 9.47 Å². The van der Waals surface area contributed by atoms with Crippen LogP contribution in [-0.2, 0) is 16.1 Å². The molecule has 1 aromatic rings. The van der Waals surface area contributed by atoms with E-state index < -0.39 is 6.61 Å². The van der Waals surface area contributed by atoms with Crippen LogP contribution in [0.2, 0.25) is 0 Å². The van der Waals surface area contributed by atoms with Gasteiger partial charge in [0, 0.05) is 46.7 Å². The SMILES string of the molecule is COc1cc(CN(C)C(=O)CN2CCCN(C(C)=O)CC2)ccc1OC(F)F. The quantitative estimate of drug-likeness (QED) is 0.700. The van der Waals surface area contributed by atoms with E-state index in [9.17, 15) is 18.4 Å². The Morgan fingerprint density at radius 3 is 2.57 bits per heavy atom. The van der Waals surface area contributed by atoms with E-state index in [-0.39, 0.29) is 29.9 Å². The number of carbonyl (C=O) groups excluding carboxylic acids is 2. The molecule has 0 aliphatic carbocycles. The number of amides is 2. The lowest BCUT2D eigenvalue weighted by Crippen LogP contribution is -2.40. The first-order valence-electron chi connectivity index (χ1n) is 9.13. The summed E-state index contributed by atoms with van der Waals surface area (Å²) in [5.74, 6) is 0.145. The number of hydrogen-bond acceptors (Lipinski definition) is 5. The Morgan fingerprint density at radius 1 is 1.18 bits per heavy atom. The average Bonchev–Trinajstić information content (AvgIpc) is 2.88. The van der Waals surface area contributed by atoms with Crippen molar-refractivity contribution in [1.82, 2.24) is 14.7 Å². The number of ether oxygens (including phenoxy) is 2. The van der Waals surface area contributed by atoms with Gasteiger partial charge in [-0.15, -0.1) is 0 Å². The topological polar surface area (TPSA) is 62.3 Å². The maximum atomic E-state index is 12.6. The molecule has 156 valence electrons. The van der Waals surface area contributed by atoms with Gasteiger partial charge in [0.2, 0.25) is 11.8 Å². The van der Waals surface area contributed by atoms with Crippen LogP contribution in [0.25, 0.3) is 0 Å². The monoisotopic (exact) mass is 399 g/mol. The summed E-state index contributed by atoms with van der Waals surface area (Å²) in [6.45, 7) is 1.96. The summed E-state index contributed by atoms with van der Waals surface area (Å²) < 4.78 is 34.3. The molecule has 0 unspecified atom stereocenters. The van der Waals surface area contributed by atoms with Gasteiger partial charge in [0.1, 0.15) is 0 Å². The van der Waals surface area contributed by atoms with Gasteiger partial charge in [-0.05, 0) is 24.1 Å². The highest BCUT2D eigenvalue weighted by Crippen LogP contribution is 2.29. The minimum Gasteiger partial charge on any atom is -0.493 e. The van der Waals surface area contributed by atoms with Crippen molar-refractivity contribution in [3.63, 3.8) is 0 Å². The molecule has 0 spiro atoms. The highest BCUT2D eigenvalue weighted by molar-refractivity contribution is 5.78. The number of benzene rings is 1. The van der Waals surface area contributed by atoms with Crippen molar-refractivity contribution in [2.24, 2.45) is 0 Å². The van der Waals surface area contributed by atoms with Crippen LogP contribution in [0.3, 0.4) is 0 Å². The minimum absolute atomic E-state index is 0.0465. The Balaban J connectivity index is 1.92. The molecule has 1 heterocycles. The first kappa shape index (κ1) is 21.9. The maximum Gasteiger partial charge on any atom is 0.387 e. The number of halogens is 2. The van der Waals surface area contributed by atoms with Crippen molar-refractivity contribution in [3.8, 4) is 11.5 Å². The zero-order valence-electron chi connectivity index (χ0n) is 16.5. The number of methoxy groups -OCH3 is 1. The zero-order valence-corrected chi connectivity index (χ0v) is 16.5. The smallest absolute Gasteiger partial charge is 0.387 e. The summed E-state index contributed by atoms with van der Waals surface area (Å²) in [4.78, 5) is 29.5. The van der Waals surface area contributed by atoms with E-state index in [2.05, 4.69) is 4.74 Å². The van der Waals surface area contributed by atoms with Crippen LogP contribution in [-0.4, -0.2) is 80.0 Å². The highest BCUT2D eigenvalue weighted by atomic mass is 19.3. The Labute approximate surface area is 163 Å². The Hall–Kier alpha value is -2.42. The largest absolute Gasteiger partial charge is 0.493 e. The van der Waals surface area contributed by atoms with Gasteiger partial charge in [-0.25, -0.2) is 0 Å². The molecule has 9 heteroatoms. The molecule has 1 fully saturated rings. The van der Waals surface area contributed by atoms with Crippen LogP contribution >= 0.6 is 0 Å². The second kappa shape index (κ2) is 10.2. The van der Waals surface area contributed by atoms with E-state index >= 15 is 0 Å². The lowest BCUT2D eigenvalue weighted by Gasteiger charge is -2.24. The fraction of sp³-hybridized carbons (Fsp3) is 0.579. The molecule has 0 saturated carbocycles. The molecule has 0 bridgehead atoms. The fourth-order valence-electron chi connectivity index (χ4n) is 3.12. The van der Waals surface area contributed by atoms with E-state index in [4.69, 9.17) is 4.74 Å². The van der Waals surface area contributed by atoms with E-state index in [1.165, 1.54) is 13.2 Å². The van der Waals surface area contributed by atoms with Gasteiger partial charge in [-0.2, -0.15) is 8.78 Å². The van der Waals surface area contributed by atoms with Gasteiger partial charge in [0.25, 0.3) is 0 Å². The predicted molar refractivity (Wildman–Crippen MR) is 99.4 cm³/mol. The third-order valence-electron chi connectivity index (χ3n) is 4.68. The maximum absolute atomic E-state index is 12.6. The van der Waals surface area contributed by atoms with Crippen molar-refractivity contribution in [1.29, 1.82) is 0 Å². The molecule has 7 nitrogen and oxygen atoms in total. The molecule has 0 N–H and O–H groups in total. The average molecular weight is 399 g/mol. The zero-order chi connectivity index (χ0) is 20.7. The molecule has 2 rings (SSSR count). The highest BCUT2D eigenvalue weighted by Gasteiger charge is 2.20. The minimum atomic E-state index is -2.93. The van der Waals surface area contributed by atoms with E-state index in [1.807, 2.05) is 4.90 Å². The molecular weight excluding hydrogens is 372 g/mol. The van der Waals surface area contributed by atoms with Crippen molar-refractivity contribution < 1.29 is 27.8 Å². The number of nitrogens with zero attached hydrogens (tertiary/aromatic N) is 3. The molecule has 0 atom stereocenters. The van der Waals surface area contributed by atoms with Gasteiger partial charge in [-0.3, -0.25) is 14.5 Å². The number of rotatable bonds is 7. The van der Waals surface area contributed by atoms with Crippen molar-refractivity contribution in [2.75, 3.05) is 46.9 Å². The standard InChI is InChI=1S/C19H27F2N3O4/c1-14(25)24-8-4-7-23(9-10-24)13-18(26)22(2)12-15-5-6-16(28-19(20)21)17(11-15)27-3/h5-6,11,19H,4,7-10,12-13H2,1-3H3. The summed E-state index contributed by atoms with van der Waals surface area (Å²) in [5.41, 5.74) is 0.743. The normalized spacial score (nSPS) is 15.3. The van der Waals surface area contributed by atoms with Crippen LogP contribution in [0.4, 0.5) is 8.78 Å². The first-order valence-corrected chi connectivity index (χ1v) is 9.13. The first-order chi connectivity index (χ1) is 13.3. The van der Waals surface area contributed by atoms with Crippen LogP contribution in [0.5, 0.6) is 11.5 Å². The molecule has 2 amide bonds.